The van der Waals surface area contributed by atoms with Gasteiger partial charge >= 0.3 is 5.69 Å². The van der Waals surface area contributed by atoms with E-state index in [-0.39, 0.29) is 11.6 Å². The first-order valence-corrected chi connectivity index (χ1v) is 5.28. The lowest BCUT2D eigenvalue weighted by Gasteiger charge is -2.17. The second-order valence-electron chi connectivity index (χ2n) is 3.84. The quantitative estimate of drug-likeness (QED) is 0.829. The first-order valence-electron chi connectivity index (χ1n) is 5.28. The third-order valence-corrected chi connectivity index (χ3v) is 2.65. The molecule has 1 aromatic heterocycles. The predicted octanol–water partition coefficient (Wildman–Crippen LogP) is 1.08. The van der Waals surface area contributed by atoms with Crippen molar-refractivity contribution in [3.05, 3.63) is 32.1 Å². The standard InChI is InChI=1S/C11H15N3O2/c1-4-5-7(2)14-8(3)9(6-12)10(15)13-11(14)16/h7H,4-5H2,1-3H3,(H,13,15,16). The highest BCUT2D eigenvalue weighted by Crippen LogP contribution is 2.12. The molecule has 0 radical (unpaired) electrons. The zero-order valence-electron chi connectivity index (χ0n) is 9.70. The Kier molecular flexibility index (Phi) is 3.67. The van der Waals surface area contributed by atoms with E-state index in [4.69, 9.17) is 5.26 Å². The molecule has 0 amide bonds. The van der Waals surface area contributed by atoms with Gasteiger partial charge in [-0.3, -0.25) is 14.3 Å². The van der Waals surface area contributed by atoms with Crippen LogP contribution in [0, 0.1) is 18.3 Å². The van der Waals surface area contributed by atoms with Crippen LogP contribution in [-0.2, 0) is 0 Å². The normalized spacial score (nSPS) is 12.1. The third-order valence-electron chi connectivity index (χ3n) is 2.65. The highest BCUT2D eigenvalue weighted by Gasteiger charge is 2.14. The molecule has 86 valence electrons. The van der Waals surface area contributed by atoms with Crippen LogP contribution in [0.5, 0.6) is 0 Å². The van der Waals surface area contributed by atoms with Gasteiger partial charge < -0.3 is 0 Å². The number of rotatable bonds is 3. The summed E-state index contributed by atoms with van der Waals surface area (Å²) in [5.74, 6) is 0. The van der Waals surface area contributed by atoms with Crippen LogP contribution in [0.25, 0.3) is 0 Å². The van der Waals surface area contributed by atoms with E-state index in [9.17, 15) is 9.59 Å². The summed E-state index contributed by atoms with van der Waals surface area (Å²) < 4.78 is 1.48. The molecule has 1 N–H and O–H groups in total. The first kappa shape index (κ1) is 12.2. The van der Waals surface area contributed by atoms with Crippen molar-refractivity contribution in [2.75, 3.05) is 0 Å². The minimum Gasteiger partial charge on any atom is -0.294 e. The number of H-pyrrole nitrogens is 1. The lowest BCUT2D eigenvalue weighted by molar-refractivity contribution is 0.465. The first-order chi connectivity index (χ1) is 7.52. The number of hydrogen-bond donors (Lipinski definition) is 1. The number of nitrogens with one attached hydrogen (secondary N) is 1. The van der Waals surface area contributed by atoms with Crippen molar-refractivity contribution in [3.63, 3.8) is 0 Å². The lowest BCUT2D eigenvalue weighted by atomic mass is 10.1. The zero-order valence-corrected chi connectivity index (χ0v) is 9.70. The zero-order chi connectivity index (χ0) is 12.3. The minimum atomic E-state index is -0.607. The highest BCUT2D eigenvalue weighted by atomic mass is 16.2. The van der Waals surface area contributed by atoms with Crippen LogP contribution >= 0.6 is 0 Å². The predicted molar refractivity (Wildman–Crippen MR) is 60.4 cm³/mol. The van der Waals surface area contributed by atoms with Crippen molar-refractivity contribution in [2.45, 2.75) is 39.7 Å². The molecule has 1 atom stereocenters. The molecular weight excluding hydrogens is 206 g/mol. The summed E-state index contributed by atoms with van der Waals surface area (Å²) in [5.41, 5.74) is -0.591. The van der Waals surface area contributed by atoms with Gasteiger partial charge in [0.05, 0.1) is 0 Å². The molecule has 0 aromatic carbocycles. The van der Waals surface area contributed by atoms with Crippen molar-refractivity contribution >= 4 is 0 Å². The van der Waals surface area contributed by atoms with Crippen LogP contribution in [-0.4, -0.2) is 9.55 Å². The lowest BCUT2D eigenvalue weighted by Crippen LogP contribution is -2.35. The van der Waals surface area contributed by atoms with E-state index in [1.807, 2.05) is 19.9 Å². The van der Waals surface area contributed by atoms with E-state index in [1.165, 1.54) is 4.57 Å². The fourth-order valence-corrected chi connectivity index (χ4v) is 1.87. The molecule has 1 unspecified atom stereocenters. The van der Waals surface area contributed by atoms with E-state index >= 15 is 0 Å². The molecule has 0 spiro atoms. The molecule has 5 heteroatoms. The topological polar surface area (TPSA) is 78.7 Å². The molecule has 5 nitrogen and oxygen atoms in total. The highest BCUT2D eigenvalue weighted by molar-refractivity contribution is 5.30. The van der Waals surface area contributed by atoms with Gasteiger partial charge in [0.2, 0.25) is 0 Å². The summed E-state index contributed by atoms with van der Waals surface area (Å²) in [7, 11) is 0. The Morgan fingerprint density at radius 1 is 1.50 bits per heavy atom. The summed E-state index contributed by atoms with van der Waals surface area (Å²) in [6.07, 6.45) is 1.77. The smallest absolute Gasteiger partial charge is 0.294 e. The molecule has 0 fully saturated rings. The van der Waals surface area contributed by atoms with Gasteiger partial charge in [-0.25, -0.2) is 4.79 Å². The molecule has 16 heavy (non-hydrogen) atoms. The SMILES string of the molecule is CCCC(C)n1c(C)c(C#N)c(=O)[nH]c1=O. The Labute approximate surface area is 93.4 Å². The molecule has 0 aliphatic rings. The number of aromatic nitrogens is 2. The Bertz CT molecular complexity index is 534. The largest absolute Gasteiger partial charge is 0.328 e. The van der Waals surface area contributed by atoms with Gasteiger partial charge in [-0.1, -0.05) is 13.3 Å². The molecule has 1 rings (SSSR count). The number of nitriles is 1. The summed E-state index contributed by atoms with van der Waals surface area (Å²) in [6.45, 7) is 5.55. The van der Waals surface area contributed by atoms with Gasteiger partial charge in [0.25, 0.3) is 5.56 Å². The van der Waals surface area contributed by atoms with Gasteiger partial charge in [0, 0.05) is 11.7 Å². The Morgan fingerprint density at radius 2 is 2.12 bits per heavy atom. The van der Waals surface area contributed by atoms with Crippen molar-refractivity contribution in [1.82, 2.24) is 9.55 Å². The van der Waals surface area contributed by atoms with Crippen molar-refractivity contribution in [2.24, 2.45) is 0 Å². The van der Waals surface area contributed by atoms with Gasteiger partial charge in [0.15, 0.2) is 0 Å². The van der Waals surface area contributed by atoms with Gasteiger partial charge in [-0.15, -0.1) is 0 Å². The van der Waals surface area contributed by atoms with E-state index in [0.717, 1.165) is 12.8 Å². The van der Waals surface area contributed by atoms with Crippen molar-refractivity contribution < 1.29 is 0 Å². The molecule has 0 saturated heterocycles. The molecule has 0 aliphatic heterocycles. The molecule has 1 heterocycles. The Hall–Kier alpha value is -1.83. The summed E-state index contributed by atoms with van der Waals surface area (Å²) in [4.78, 5) is 25.1. The van der Waals surface area contributed by atoms with Crippen LogP contribution in [0.15, 0.2) is 9.59 Å². The maximum Gasteiger partial charge on any atom is 0.328 e. The Balaban J connectivity index is 3.47. The van der Waals surface area contributed by atoms with E-state index in [0.29, 0.717) is 5.69 Å². The van der Waals surface area contributed by atoms with Gasteiger partial charge in [-0.2, -0.15) is 5.26 Å². The van der Waals surface area contributed by atoms with E-state index in [1.54, 1.807) is 6.92 Å². The minimum absolute atomic E-state index is 0.0125. The average Bonchev–Trinajstić information content (AvgIpc) is 2.17. The second kappa shape index (κ2) is 4.79. The maximum absolute atomic E-state index is 11.6. The maximum atomic E-state index is 11.6. The van der Waals surface area contributed by atoms with Crippen LogP contribution in [0.4, 0.5) is 0 Å². The number of aromatic amines is 1. The molecule has 0 saturated carbocycles. The van der Waals surface area contributed by atoms with Crippen LogP contribution in [0.2, 0.25) is 0 Å². The van der Waals surface area contributed by atoms with Crippen LogP contribution in [0.1, 0.15) is 44.0 Å². The fourth-order valence-electron chi connectivity index (χ4n) is 1.87. The Morgan fingerprint density at radius 3 is 2.62 bits per heavy atom. The van der Waals surface area contributed by atoms with Crippen LogP contribution < -0.4 is 11.2 Å². The fraction of sp³-hybridized carbons (Fsp3) is 0.545. The molecular formula is C11H15N3O2. The second-order valence-corrected chi connectivity index (χ2v) is 3.84. The van der Waals surface area contributed by atoms with Gasteiger partial charge in [-0.05, 0) is 20.3 Å². The molecule has 1 aromatic rings. The molecule has 0 bridgehead atoms. The van der Waals surface area contributed by atoms with Gasteiger partial charge in [0.1, 0.15) is 11.6 Å². The van der Waals surface area contributed by atoms with Crippen molar-refractivity contribution in [1.29, 1.82) is 5.26 Å². The van der Waals surface area contributed by atoms with E-state index < -0.39 is 11.2 Å². The monoisotopic (exact) mass is 221 g/mol. The number of hydrogen-bond acceptors (Lipinski definition) is 3. The number of nitrogens with zero attached hydrogens (tertiary/aromatic N) is 2. The third kappa shape index (κ3) is 2.06. The summed E-state index contributed by atoms with van der Waals surface area (Å²) in [6, 6.07) is 1.81. The van der Waals surface area contributed by atoms with Crippen LogP contribution in [0.3, 0.4) is 0 Å². The van der Waals surface area contributed by atoms with Crippen molar-refractivity contribution in [3.8, 4) is 6.07 Å². The van der Waals surface area contributed by atoms with E-state index in [2.05, 4.69) is 4.98 Å². The summed E-state index contributed by atoms with van der Waals surface area (Å²) >= 11 is 0. The summed E-state index contributed by atoms with van der Waals surface area (Å²) in [5, 5.41) is 8.84. The molecule has 0 aliphatic carbocycles. The average molecular weight is 221 g/mol.